The fraction of sp³-hybridized carbons (Fsp3) is 0.105. The number of rotatable bonds is 3. The number of allylic oxidation sites excluding steroid dienone is 1. The molecule has 2 aromatic rings. The summed E-state index contributed by atoms with van der Waals surface area (Å²) in [7, 11) is 0. The van der Waals surface area contributed by atoms with Crippen LogP contribution in [0.4, 0.5) is 11.4 Å². The average molecular weight is 368 g/mol. The maximum absolute atomic E-state index is 12.9. The molecule has 1 heterocycles. The molecule has 6 heteroatoms. The second-order valence-electron chi connectivity index (χ2n) is 5.69. The van der Waals surface area contributed by atoms with Crippen molar-refractivity contribution in [2.24, 2.45) is 0 Å². The van der Waals surface area contributed by atoms with E-state index in [1.165, 1.54) is 23.6 Å². The fourth-order valence-electron chi connectivity index (χ4n) is 2.59. The van der Waals surface area contributed by atoms with Crippen molar-refractivity contribution in [3.8, 4) is 0 Å². The Morgan fingerprint density at radius 1 is 1.08 bits per heavy atom. The lowest BCUT2D eigenvalue weighted by Gasteiger charge is -2.15. The van der Waals surface area contributed by atoms with Gasteiger partial charge in [0.05, 0.1) is 10.6 Å². The maximum atomic E-state index is 12.9. The van der Waals surface area contributed by atoms with Gasteiger partial charge in [0.1, 0.15) is 0 Å². The number of nitrogens with two attached hydrogens (primary N) is 1. The Morgan fingerprint density at radius 3 is 2.44 bits per heavy atom. The van der Waals surface area contributed by atoms with E-state index in [9.17, 15) is 9.59 Å². The quantitative estimate of drug-likeness (QED) is 0.379. The summed E-state index contributed by atoms with van der Waals surface area (Å²) >= 11 is 6.67. The van der Waals surface area contributed by atoms with Crippen molar-refractivity contribution in [3.05, 3.63) is 64.6 Å². The molecule has 1 fully saturated rings. The summed E-state index contributed by atoms with van der Waals surface area (Å²) in [4.78, 5) is 26.6. The van der Waals surface area contributed by atoms with Crippen molar-refractivity contribution in [1.29, 1.82) is 0 Å². The number of hydrogen-bond acceptors (Lipinski definition) is 5. The zero-order chi connectivity index (χ0) is 18.1. The SMILES string of the molecule is CC(=O)c1cccc(N2C(=O)/C(=C(\C)c3cccc(N)c3)SC2=S)c1. The molecule has 0 bridgehead atoms. The highest BCUT2D eigenvalue weighted by atomic mass is 32.2. The highest BCUT2D eigenvalue weighted by molar-refractivity contribution is 8.27. The molecule has 0 spiro atoms. The zero-order valence-electron chi connectivity index (χ0n) is 13.8. The van der Waals surface area contributed by atoms with Crippen LogP contribution in [0.1, 0.15) is 29.8 Å². The van der Waals surface area contributed by atoms with Crippen molar-refractivity contribution < 1.29 is 9.59 Å². The fourth-order valence-corrected chi connectivity index (χ4v) is 3.93. The van der Waals surface area contributed by atoms with Gasteiger partial charge in [-0.2, -0.15) is 0 Å². The molecule has 0 unspecified atom stereocenters. The Morgan fingerprint density at radius 2 is 1.76 bits per heavy atom. The zero-order valence-corrected chi connectivity index (χ0v) is 15.4. The number of carbonyl (C=O) groups is 2. The van der Waals surface area contributed by atoms with Crippen LogP contribution in [0.15, 0.2) is 53.4 Å². The van der Waals surface area contributed by atoms with Crippen molar-refractivity contribution in [1.82, 2.24) is 0 Å². The summed E-state index contributed by atoms with van der Waals surface area (Å²) in [6.07, 6.45) is 0. The van der Waals surface area contributed by atoms with E-state index in [1.807, 2.05) is 25.1 Å². The van der Waals surface area contributed by atoms with Gasteiger partial charge in [0.15, 0.2) is 10.1 Å². The molecule has 1 aliphatic heterocycles. The van der Waals surface area contributed by atoms with Crippen LogP contribution in [0.5, 0.6) is 0 Å². The first-order chi connectivity index (χ1) is 11.9. The second kappa shape index (κ2) is 6.82. The molecule has 0 aliphatic carbocycles. The van der Waals surface area contributed by atoms with Crippen LogP contribution < -0.4 is 10.6 Å². The highest BCUT2D eigenvalue weighted by Gasteiger charge is 2.35. The van der Waals surface area contributed by atoms with E-state index in [1.54, 1.807) is 30.3 Å². The third-order valence-corrected chi connectivity index (χ3v) is 5.42. The Kier molecular flexibility index (Phi) is 4.74. The number of thiocarbonyl (C=S) groups is 1. The summed E-state index contributed by atoms with van der Waals surface area (Å²) in [5.41, 5.74) is 9.34. The summed E-state index contributed by atoms with van der Waals surface area (Å²) < 4.78 is 0.448. The van der Waals surface area contributed by atoms with Gasteiger partial charge in [0, 0.05) is 11.3 Å². The van der Waals surface area contributed by atoms with Crippen molar-refractivity contribution in [2.75, 3.05) is 10.6 Å². The van der Waals surface area contributed by atoms with Crippen LogP contribution in [0.3, 0.4) is 0 Å². The van der Waals surface area contributed by atoms with Crippen LogP contribution in [-0.4, -0.2) is 16.0 Å². The minimum absolute atomic E-state index is 0.0567. The lowest BCUT2D eigenvalue weighted by atomic mass is 10.1. The standard InChI is InChI=1S/C19H16N2O2S2/c1-11(13-5-3-7-15(20)9-13)17-18(23)21(19(24)25-17)16-8-4-6-14(10-16)12(2)22/h3-10H,20H2,1-2H3/b17-11-. The van der Waals surface area contributed by atoms with Gasteiger partial charge in [-0.25, -0.2) is 0 Å². The van der Waals surface area contributed by atoms with Gasteiger partial charge >= 0.3 is 0 Å². The minimum Gasteiger partial charge on any atom is -0.399 e. The number of benzene rings is 2. The molecule has 126 valence electrons. The van der Waals surface area contributed by atoms with E-state index < -0.39 is 0 Å². The molecule has 1 amide bonds. The lowest BCUT2D eigenvalue weighted by Crippen LogP contribution is -2.27. The topological polar surface area (TPSA) is 63.4 Å². The Bertz CT molecular complexity index is 935. The summed E-state index contributed by atoms with van der Waals surface area (Å²) in [5.74, 6) is -0.241. The molecular formula is C19H16N2O2S2. The van der Waals surface area contributed by atoms with Gasteiger partial charge in [-0.15, -0.1) is 0 Å². The Labute approximate surface area is 155 Å². The second-order valence-corrected chi connectivity index (χ2v) is 7.34. The molecule has 2 aromatic carbocycles. The molecule has 0 saturated carbocycles. The third-order valence-electron chi connectivity index (χ3n) is 3.94. The van der Waals surface area contributed by atoms with Crippen LogP contribution in [-0.2, 0) is 4.79 Å². The van der Waals surface area contributed by atoms with E-state index in [-0.39, 0.29) is 11.7 Å². The smallest absolute Gasteiger partial charge is 0.271 e. The number of Topliss-reactive ketones (excluding diaryl/α,β-unsaturated/α-hetero) is 1. The summed E-state index contributed by atoms with van der Waals surface area (Å²) in [6.45, 7) is 3.38. The number of nitrogens with zero attached hydrogens (tertiary/aromatic N) is 1. The highest BCUT2D eigenvalue weighted by Crippen LogP contribution is 2.39. The predicted molar refractivity (Wildman–Crippen MR) is 108 cm³/mol. The van der Waals surface area contributed by atoms with E-state index in [4.69, 9.17) is 18.0 Å². The summed E-state index contributed by atoms with van der Waals surface area (Å²) in [5, 5.41) is 0. The number of anilines is 2. The molecule has 1 saturated heterocycles. The van der Waals surface area contributed by atoms with E-state index in [0.29, 0.717) is 26.2 Å². The minimum atomic E-state index is -0.185. The van der Waals surface area contributed by atoms with E-state index in [2.05, 4.69) is 0 Å². The molecular weight excluding hydrogens is 352 g/mol. The van der Waals surface area contributed by atoms with Gasteiger partial charge in [-0.05, 0) is 49.2 Å². The van der Waals surface area contributed by atoms with Crippen molar-refractivity contribution in [2.45, 2.75) is 13.8 Å². The Hall–Kier alpha value is -2.44. The van der Waals surface area contributed by atoms with E-state index in [0.717, 1.165) is 11.1 Å². The van der Waals surface area contributed by atoms with Crippen LogP contribution in [0.25, 0.3) is 5.57 Å². The number of amides is 1. The number of ketones is 1. The molecule has 3 rings (SSSR count). The summed E-state index contributed by atoms with van der Waals surface area (Å²) in [6, 6.07) is 14.3. The van der Waals surface area contributed by atoms with Gasteiger partial charge in [0.2, 0.25) is 0 Å². The normalized spacial score (nSPS) is 16.3. The number of nitrogen functional groups attached to an aromatic ring is 1. The molecule has 0 radical (unpaired) electrons. The van der Waals surface area contributed by atoms with Crippen molar-refractivity contribution in [3.63, 3.8) is 0 Å². The number of carbonyl (C=O) groups excluding carboxylic acids is 2. The lowest BCUT2D eigenvalue weighted by molar-refractivity contribution is -0.113. The molecule has 0 aromatic heterocycles. The van der Waals surface area contributed by atoms with Crippen molar-refractivity contribution >= 4 is 56.9 Å². The predicted octanol–water partition coefficient (Wildman–Crippen LogP) is 4.27. The van der Waals surface area contributed by atoms with Gasteiger partial charge in [0.25, 0.3) is 5.91 Å². The largest absolute Gasteiger partial charge is 0.399 e. The van der Waals surface area contributed by atoms with Crippen LogP contribution in [0.2, 0.25) is 0 Å². The first kappa shape index (κ1) is 17.4. The number of hydrogen-bond donors (Lipinski definition) is 1. The van der Waals surface area contributed by atoms with E-state index >= 15 is 0 Å². The third kappa shape index (κ3) is 3.36. The van der Waals surface area contributed by atoms with Gasteiger partial charge in [-0.1, -0.05) is 48.2 Å². The van der Waals surface area contributed by atoms with Gasteiger partial charge in [-0.3, -0.25) is 14.5 Å². The molecule has 1 aliphatic rings. The number of thioether (sulfide) groups is 1. The Balaban J connectivity index is 2.02. The van der Waals surface area contributed by atoms with Crippen LogP contribution >= 0.6 is 24.0 Å². The average Bonchev–Trinajstić information content (AvgIpc) is 2.88. The molecule has 0 atom stereocenters. The molecule has 2 N–H and O–H groups in total. The first-order valence-corrected chi connectivity index (χ1v) is 8.85. The van der Waals surface area contributed by atoms with Crippen LogP contribution in [0, 0.1) is 0 Å². The maximum Gasteiger partial charge on any atom is 0.271 e. The molecule has 25 heavy (non-hydrogen) atoms. The monoisotopic (exact) mass is 368 g/mol. The molecule has 4 nitrogen and oxygen atoms in total. The first-order valence-electron chi connectivity index (χ1n) is 7.62. The van der Waals surface area contributed by atoms with Gasteiger partial charge < -0.3 is 5.73 Å².